The number of amides is 1. The minimum Gasteiger partial charge on any atom is -0.467 e. The van der Waals surface area contributed by atoms with Crippen LogP contribution in [-0.2, 0) is 0 Å². The number of aromatic nitrogens is 1. The summed E-state index contributed by atoms with van der Waals surface area (Å²) in [5.74, 6) is 1.48. The number of nitrogens with zero attached hydrogens (tertiary/aromatic N) is 2. The summed E-state index contributed by atoms with van der Waals surface area (Å²) in [5.41, 5.74) is 1.52. The molecule has 1 saturated heterocycles. The van der Waals surface area contributed by atoms with Crippen molar-refractivity contribution in [3.05, 3.63) is 83.9 Å². The summed E-state index contributed by atoms with van der Waals surface area (Å²) in [4.78, 5) is 19.7. The number of anilines is 1. The first-order valence-electron chi connectivity index (χ1n) is 9.91. The van der Waals surface area contributed by atoms with Gasteiger partial charge < -0.3 is 14.6 Å². The van der Waals surface area contributed by atoms with Gasteiger partial charge in [0.1, 0.15) is 17.6 Å². The largest absolute Gasteiger partial charge is 0.467 e. The van der Waals surface area contributed by atoms with Gasteiger partial charge in [-0.3, -0.25) is 4.79 Å². The van der Waals surface area contributed by atoms with Crippen LogP contribution in [0.1, 0.15) is 53.4 Å². The summed E-state index contributed by atoms with van der Waals surface area (Å²) >= 11 is 0. The molecule has 3 aromatic rings. The third kappa shape index (κ3) is 4.25. The van der Waals surface area contributed by atoms with E-state index in [9.17, 15) is 4.79 Å². The fourth-order valence-corrected chi connectivity index (χ4v) is 3.64. The van der Waals surface area contributed by atoms with Gasteiger partial charge in [0.05, 0.1) is 11.8 Å². The van der Waals surface area contributed by atoms with Gasteiger partial charge in [-0.15, -0.1) is 0 Å². The number of carbonyl (C=O) groups is 1. The van der Waals surface area contributed by atoms with Crippen molar-refractivity contribution in [1.29, 1.82) is 0 Å². The maximum atomic E-state index is 12.9. The maximum absolute atomic E-state index is 12.9. The Balaban J connectivity index is 1.50. The van der Waals surface area contributed by atoms with Gasteiger partial charge >= 0.3 is 0 Å². The minimum atomic E-state index is -0.339. The van der Waals surface area contributed by atoms with E-state index in [-0.39, 0.29) is 11.9 Å². The Hall–Kier alpha value is -3.08. The molecule has 1 aliphatic heterocycles. The molecular weight excluding hydrogens is 350 g/mol. The second-order valence-electron chi connectivity index (χ2n) is 7.14. The second kappa shape index (κ2) is 8.74. The van der Waals surface area contributed by atoms with Crippen LogP contribution in [0.25, 0.3) is 0 Å². The van der Waals surface area contributed by atoms with Crippen LogP contribution in [-0.4, -0.2) is 24.0 Å². The number of nitrogens with one attached hydrogen (secondary N) is 1. The van der Waals surface area contributed by atoms with Crippen molar-refractivity contribution in [1.82, 2.24) is 10.3 Å². The average molecular weight is 375 g/mol. The Morgan fingerprint density at radius 2 is 1.75 bits per heavy atom. The van der Waals surface area contributed by atoms with E-state index in [1.54, 1.807) is 12.5 Å². The highest BCUT2D eigenvalue weighted by atomic mass is 16.3. The lowest BCUT2D eigenvalue weighted by Gasteiger charge is -2.21. The first-order chi connectivity index (χ1) is 13.8. The highest BCUT2D eigenvalue weighted by Crippen LogP contribution is 2.23. The van der Waals surface area contributed by atoms with Crippen molar-refractivity contribution < 1.29 is 9.21 Å². The molecule has 3 heterocycles. The number of pyridine rings is 1. The van der Waals surface area contributed by atoms with Crippen LogP contribution in [0.15, 0.2) is 71.5 Å². The van der Waals surface area contributed by atoms with Crippen molar-refractivity contribution in [3.63, 3.8) is 0 Å². The van der Waals surface area contributed by atoms with Gasteiger partial charge in [0, 0.05) is 19.3 Å². The first kappa shape index (κ1) is 18.3. The molecule has 1 amide bonds. The molecule has 0 spiro atoms. The lowest BCUT2D eigenvalue weighted by Crippen LogP contribution is -2.29. The quantitative estimate of drug-likeness (QED) is 0.709. The lowest BCUT2D eigenvalue weighted by atomic mass is 10.0. The van der Waals surface area contributed by atoms with Gasteiger partial charge in [0.2, 0.25) is 0 Å². The summed E-state index contributed by atoms with van der Waals surface area (Å²) in [6.45, 7) is 2.07. The predicted octanol–water partition coefficient (Wildman–Crippen LogP) is 4.57. The van der Waals surface area contributed by atoms with Gasteiger partial charge in [-0.2, -0.15) is 0 Å². The van der Waals surface area contributed by atoms with Gasteiger partial charge in [0.15, 0.2) is 0 Å². The van der Waals surface area contributed by atoms with E-state index in [4.69, 9.17) is 4.42 Å². The average Bonchev–Trinajstić information content (AvgIpc) is 3.14. The fourth-order valence-electron chi connectivity index (χ4n) is 3.64. The monoisotopic (exact) mass is 375 g/mol. The lowest BCUT2D eigenvalue weighted by molar-refractivity contribution is 0.0938. The van der Waals surface area contributed by atoms with Gasteiger partial charge in [-0.25, -0.2) is 4.98 Å². The topological polar surface area (TPSA) is 58.4 Å². The van der Waals surface area contributed by atoms with E-state index in [0.717, 1.165) is 24.5 Å². The zero-order valence-electron chi connectivity index (χ0n) is 15.9. The summed E-state index contributed by atoms with van der Waals surface area (Å²) in [7, 11) is 0. The molecule has 144 valence electrons. The third-order valence-corrected chi connectivity index (χ3v) is 5.18. The number of benzene rings is 1. The number of rotatable bonds is 5. The molecule has 1 N–H and O–H groups in total. The van der Waals surface area contributed by atoms with Crippen LogP contribution in [0.5, 0.6) is 0 Å². The molecule has 5 heteroatoms. The smallest absolute Gasteiger partial charge is 0.253 e. The molecule has 5 nitrogen and oxygen atoms in total. The molecule has 0 aliphatic carbocycles. The molecule has 1 unspecified atom stereocenters. The Morgan fingerprint density at radius 1 is 0.964 bits per heavy atom. The predicted molar refractivity (Wildman–Crippen MR) is 109 cm³/mol. The van der Waals surface area contributed by atoms with Crippen molar-refractivity contribution in [3.8, 4) is 0 Å². The molecule has 2 aromatic heterocycles. The molecular formula is C23H25N3O2. The van der Waals surface area contributed by atoms with Crippen LogP contribution >= 0.6 is 0 Å². The first-order valence-corrected chi connectivity index (χ1v) is 9.91. The maximum Gasteiger partial charge on any atom is 0.253 e. The highest BCUT2D eigenvalue weighted by molar-refractivity contribution is 5.94. The Kier molecular flexibility index (Phi) is 5.71. The van der Waals surface area contributed by atoms with Crippen LogP contribution in [0.3, 0.4) is 0 Å². The molecule has 1 atom stereocenters. The van der Waals surface area contributed by atoms with Crippen LogP contribution in [0.2, 0.25) is 0 Å². The van der Waals surface area contributed by atoms with E-state index in [0.29, 0.717) is 11.3 Å². The SMILES string of the molecule is O=C(NC(c1ccccc1)c1ccco1)c1ccc(N2CCCCCC2)nc1. The van der Waals surface area contributed by atoms with E-state index in [2.05, 4.69) is 15.2 Å². The van der Waals surface area contributed by atoms with Crippen molar-refractivity contribution in [2.75, 3.05) is 18.0 Å². The number of hydrogen-bond acceptors (Lipinski definition) is 4. The molecule has 1 aliphatic rings. The molecule has 0 radical (unpaired) electrons. The van der Waals surface area contributed by atoms with E-state index < -0.39 is 0 Å². The summed E-state index contributed by atoms with van der Waals surface area (Å²) in [6.07, 6.45) is 8.25. The van der Waals surface area contributed by atoms with Gasteiger partial charge in [-0.1, -0.05) is 43.2 Å². The zero-order valence-corrected chi connectivity index (χ0v) is 15.9. The Labute approximate surface area is 165 Å². The molecule has 0 saturated carbocycles. The molecule has 1 fully saturated rings. The highest BCUT2D eigenvalue weighted by Gasteiger charge is 2.20. The van der Waals surface area contributed by atoms with Crippen molar-refractivity contribution >= 4 is 11.7 Å². The summed E-state index contributed by atoms with van der Waals surface area (Å²) in [6, 6.07) is 17.0. The van der Waals surface area contributed by atoms with E-state index >= 15 is 0 Å². The van der Waals surface area contributed by atoms with Crippen LogP contribution < -0.4 is 10.2 Å². The summed E-state index contributed by atoms with van der Waals surface area (Å²) in [5, 5.41) is 3.07. The van der Waals surface area contributed by atoms with E-state index in [1.165, 1.54) is 25.7 Å². The fraction of sp³-hybridized carbons (Fsp3) is 0.304. The molecule has 1 aromatic carbocycles. The minimum absolute atomic E-state index is 0.167. The third-order valence-electron chi connectivity index (χ3n) is 5.18. The van der Waals surface area contributed by atoms with Gasteiger partial charge in [-0.05, 0) is 42.7 Å². The molecule has 28 heavy (non-hydrogen) atoms. The Morgan fingerprint density at radius 3 is 2.39 bits per heavy atom. The van der Waals surface area contributed by atoms with Gasteiger partial charge in [0.25, 0.3) is 5.91 Å². The van der Waals surface area contributed by atoms with Crippen molar-refractivity contribution in [2.45, 2.75) is 31.7 Å². The molecule has 4 rings (SSSR count). The van der Waals surface area contributed by atoms with Crippen molar-refractivity contribution in [2.24, 2.45) is 0 Å². The van der Waals surface area contributed by atoms with E-state index in [1.807, 2.05) is 54.6 Å². The molecule has 0 bridgehead atoms. The Bertz CT molecular complexity index is 868. The van der Waals surface area contributed by atoms with Crippen LogP contribution in [0, 0.1) is 0 Å². The second-order valence-corrected chi connectivity index (χ2v) is 7.14. The normalized spacial score (nSPS) is 15.6. The zero-order chi connectivity index (χ0) is 19.2. The number of furan rings is 1. The van der Waals surface area contributed by atoms with Crippen LogP contribution in [0.4, 0.5) is 5.82 Å². The standard InChI is InChI=1S/C23H25N3O2/c27-23(19-12-13-21(24-17-19)26-14-6-1-2-7-15-26)25-22(20-11-8-16-28-20)18-9-4-3-5-10-18/h3-5,8-13,16-17,22H,1-2,6-7,14-15H2,(H,25,27). The number of hydrogen-bond donors (Lipinski definition) is 1. The number of carbonyl (C=O) groups excluding carboxylic acids is 1. The summed E-state index contributed by atoms with van der Waals surface area (Å²) < 4.78 is 5.56.